The van der Waals surface area contributed by atoms with Gasteiger partial charge in [0.2, 0.25) is 0 Å². The highest BCUT2D eigenvalue weighted by Crippen LogP contribution is 2.20. The predicted molar refractivity (Wildman–Crippen MR) is 100 cm³/mol. The van der Waals surface area contributed by atoms with Gasteiger partial charge in [0, 0.05) is 31.1 Å². The van der Waals surface area contributed by atoms with E-state index >= 15 is 0 Å². The lowest BCUT2D eigenvalue weighted by Crippen LogP contribution is -2.29. The van der Waals surface area contributed by atoms with Crippen molar-refractivity contribution in [2.24, 2.45) is 5.41 Å². The molecule has 23 heavy (non-hydrogen) atoms. The fourth-order valence-corrected chi connectivity index (χ4v) is 2.84. The Labute approximate surface area is 141 Å². The van der Waals surface area contributed by atoms with Crippen LogP contribution in [-0.2, 0) is 6.54 Å². The minimum Gasteiger partial charge on any atom is -0.316 e. The maximum Gasteiger partial charge on any atom is 0.0234 e. The molecule has 0 amide bonds. The molecule has 1 fully saturated rings. The van der Waals surface area contributed by atoms with Gasteiger partial charge < -0.3 is 5.32 Å². The molecule has 3 rings (SSSR count). The quantitative estimate of drug-likeness (QED) is 0.901. The Kier molecular flexibility index (Phi) is 6.82. The van der Waals surface area contributed by atoms with Gasteiger partial charge in [-0.3, -0.25) is 4.90 Å². The molecule has 124 valence electrons. The highest BCUT2D eigenvalue weighted by Gasteiger charge is 2.20. The summed E-state index contributed by atoms with van der Waals surface area (Å²) >= 11 is 0. The summed E-state index contributed by atoms with van der Waals surface area (Å²) in [5.74, 6) is 0. The van der Waals surface area contributed by atoms with Crippen LogP contribution < -0.4 is 5.32 Å². The van der Waals surface area contributed by atoms with E-state index in [-0.39, 0.29) is 5.41 Å². The maximum absolute atomic E-state index is 3.34. The van der Waals surface area contributed by atoms with Crippen molar-refractivity contribution >= 4 is 0 Å². The van der Waals surface area contributed by atoms with E-state index in [1.54, 1.807) is 0 Å². The van der Waals surface area contributed by atoms with Gasteiger partial charge in [0.1, 0.15) is 0 Å². The first-order chi connectivity index (χ1) is 11.1. The minimum atomic E-state index is 0.240. The minimum absolute atomic E-state index is 0.240. The summed E-state index contributed by atoms with van der Waals surface area (Å²) in [5, 5.41) is 3.34. The Balaban J connectivity index is 0.000000185. The summed E-state index contributed by atoms with van der Waals surface area (Å²) in [6, 6.07) is 11.4. The second-order valence-electron chi connectivity index (χ2n) is 6.92. The van der Waals surface area contributed by atoms with Crippen LogP contribution in [0, 0.1) is 5.41 Å². The van der Waals surface area contributed by atoms with Crippen LogP contribution in [0.3, 0.4) is 0 Å². The van der Waals surface area contributed by atoms with Gasteiger partial charge in [-0.25, -0.2) is 0 Å². The lowest BCUT2D eigenvalue weighted by atomic mass is 9.93. The molecule has 1 N–H and O–H groups in total. The number of likely N-dealkylation sites (N-methyl/N-ethyl adjacent to an activating group) is 1. The smallest absolute Gasteiger partial charge is 0.0234 e. The van der Waals surface area contributed by atoms with Crippen molar-refractivity contribution in [2.45, 2.75) is 32.9 Å². The van der Waals surface area contributed by atoms with Crippen LogP contribution in [0.4, 0.5) is 0 Å². The second kappa shape index (κ2) is 8.85. The van der Waals surface area contributed by atoms with E-state index in [1.165, 1.54) is 25.1 Å². The van der Waals surface area contributed by atoms with Crippen LogP contribution in [-0.4, -0.2) is 31.1 Å². The van der Waals surface area contributed by atoms with E-state index in [2.05, 4.69) is 85.7 Å². The summed E-state index contributed by atoms with van der Waals surface area (Å²) in [4.78, 5) is 2.51. The molecule has 1 unspecified atom stereocenters. The van der Waals surface area contributed by atoms with E-state index < -0.39 is 0 Å². The number of likely N-dealkylation sites (tertiary alicyclic amines) is 1. The molecule has 1 heterocycles. The van der Waals surface area contributed by atoms with E-state index in [0.29, 0.717) is 6.04 Å². The normalized spacial score (nSPS) is 22.5. The molecule has 1 atom stereocenters. The van der Waals surface area contributed by atoms with Gasteiger partial charge in [-0.05, 0) is 19.0 Å². The van der Waals surface area contributed by atoms with Crippen molar-refractivity contribution in [3.63, 3.8) is 0 Å². The monoisotopic (exact) mass is 310 g/mol. The van der Waals surface area contributed by atoms with Crippen molar-refractivity contribution < 1.29 is 0 Å². The number of benzene rings is 1. The second-order valence-corrected chi connectivity index (χ2v) is 6.92. The Morgan fingerprint density at radius 2 is 1.70 bits per heavy atom. The van der Waals surface area contributed by atoms with Crippen LogP contribution in [0.5, 0.6) is 0 Å². The summed E-state index contributed by atoms with van der Waals surface area (Å²) in [7, 11) is 2.05. The van der Waals surface area contributed by atoms with Gasteiger partial charge >= 0.3 is 0 Å². The molecular weight excluding hydrogens is 280 g/mol. The number of allylic oxidation sites excluding steroid dienone is 6. The van der Waals surface area contributed by atoms with Gasteiger partial charge in [-0.1, -0.05) is 80.6 Å². The molecule has 0 bridgehead atoms. The first kappa shape index (κ1) is 17.7. The molecule has 1 aromatic carbocycles. The highest BCUT2D eigenvalue weighted by molar-refractivity contribution is 5.22. The third kappa shape index (κ3) is 6.55. The first-order valence-electron chi connectivity index (χ1n) is 8.56. The van der Waals surface area contributed by atoms with Crippen molar-refractivity contribution in [1.29, 1.82) is 0 Å². The summed E-state index contributed by atoms with van der Waals surface area (Å²) in [5.41, 5.74) is 1.66. The van der Waals surface area contributed by atoms with E-state index in [9.17, 15) is 0 Å². The summed E-state index contributed by atoms with van der Waals surface area (Å²) in [6.07, 6.45) is 13.9. The standard InChI is InChI=1S/C12H18N2.C9H12/c1-13-12-7-8-14(10-12)9-11-5-3-2-4-6-11;1-9(2)7-5-3-4-6-8-9/h2-6,12-13H,7-10H2,1H3;3-8H,1-2H3. The van der Waals surface area contributed by atoms with Gasteiger partial charge in [0.25, 0.3) is 0 Å². The Hall–Kier alpha value is -1.64. The lowest BCUT2D eigenvalue weighted by Gasteiger charge is -2.15. The molecule has 1 aromatic rings. The zero-order valence-corrected chi connectivity index (χ0v) is 14.7. The van der Waals surface area contributed by atoms with E-state index in [1.807, 2.05) is 12.2 Å². The summed E-state index contributed by atoms with van der Waals surface area (Å²) in [6.45, 7) is 7.88. The molecule has 2 aliphatic rings. The molecule has 1 aliphatic heterocycles. The third-order valence-electron chi connectivity index (χ3n) is 4.31. The predicted octanol–water partition coefficient (Wildman–Crippen LogP) is 4.18. The molecular formula is C21H30N2. The lowest BCUT2D eigenvalue weighted by molar-refractivity contribution is 0.322. The van der Waals surface area contributed by atoms with Gasteiger partial charge in [-0.2, -0.15) is 0 Å². The van der Waals surface area contributed by atoms with Gasteiger partial charge in [0.15, 0.2) is 0 Å². The average Bonchev–Trinajstić information content (AvgIpc) is 2.90. The number of hydrogen-bond acceptors (Lipinski definition) is 2. The van der Waals surface area contributed by atoms with Crippen LogP contribution in [0.2, 0.25) is 0 Å². The van der Waals surface area contributed by atoms with Crippen LogP contribution in [0.1, 0.15) is 25.8 Å². The van der Waals surface area contributed by atoms with Crippen LogP contribution in [0.15, 0.2) is 66.8 Å². The Morgan fingerprint density at radius 3 is 2.26 bits per heavy atom. The molecule has 2 heteroatoms. The van der Waals surface area contributed by atoms with Crippen LogP contribution >= 0.6 is 0 Å². The van der Waals surface area contributed by atoms with Gasteiger partial charge in [-0.15, -0.1) is 0 Å². The molecule has 1 saturated heterocycles. The molecule has 1 aliphatic carbocycles. The van der Waals surface area contributed by atoms with Crippen molar-refractivity contribution in [3.8, 4) is 0 Å². The molecule has 0 spiro atoms. The zero-order valence-electron chi connectivity index (χ0n) is 14.7. The highest BCUT2D eigenvalue weighted by atomic mass is 15.2. The number of hydrogen-bond donors (Lipinski definition) is 1. The summed E-state index contributed by atoms with van der Waals surface area (Å²) < 4.78 is 0. The SMILES string of the molecule is CC1(C)C=CC=CC=C1.CNC1CCN(Cc2ccccc2)C1. The van der Waals surface area contributed by atoms with E-state index in [0.717, 1.165) is 6.54 Å². The number of nitrogens with zero attached hydrogens (tertiary/aromatic N) is 1. The number of rotatable bonds is 3. The molecule has 0 saturated carbocycles. The Bertz CT molecular complexity index is 522. The maximum atomic E-state index is 3.34. The zero-order chi connectivity index (χ0) is 16.5. The topological polar surface area (TPSA) is 15.3 Å². The molecule has 0 aromatic heterocycles. The molecule has 0 radical (unpaired) electrons. The largest absolute Gasteiger partial charge is 0.316 e. The fourth-order valence-electron chi connectivity index (χ4n) is 2.84. The van der Waals surface area contributed by atoms with Gasteiger partial charge in [0.05, 0.1) is 0 Å². The molecule has 2 nitrogen and oxygen atoms in total. The third-order valence-corrected chi connectivity index (χ3v) is 4.31. The number of nitrogens with one attached hydrogen (secondary N) is 1. The van der Waals surface area contributed by atoms with E-state index in [4.69, 9.17) is 0 Å². The van der Waals surface area contributed by atoms with Crippen LogP contribution in [0.25, 0.3) is 0 Å². The average molecular weight is 310 g/mol. The first-order valence-corrected chi connectivity index (χ1v) is 8.56. The van der Waals surface area contributed by atoms with Crippen molar-refractivity contribution in [3.05, 3.63) is 72.4 Å². The fraction of sp³-hybridized carbons (Fsp3) is 0.429. The van der Waals surface area contributed by atoms with Crippen molar-refractivity contribution in [2.75, 3.05) is 20.1 Å². The van der Waals surface area contributed by atoms with Crippen molar-refractivity contribution in [1.82, 2.24) is 10.2 Å². The Morgan fingerprint density at radius 1 is 1.04 bits per heavy atom.